The van der Waals surface area contributed by atoms with Crippen LogP contribution >= 0.6 is 23.7 Å². The molecular weight excluding hydrogens is 354 g/mol. The summed E-state index contributed by atoms with van der Waals surface area (Å²) in [6.07, 6.45) is 2.35. The zero-order valence-corrected chi connectivity index (χ0v) is 16.0. The first-order valence-electron chi connectivity index (χ1n) is 8.48. The Hall–Kier alpha value is -1.61. The van der Waals surface area contributed by atoms with Gasteiger partial charge in [-0.05, 0) is 69.3 Å². The van der Waals surface area contributed by atoms with Crippen molar-refractivity contribution in [1.82, 2.24) is 10.2 Å². The van der Waals surface area contributed by atoms with Crippen LogP contribution in [0.25, 0.3) is 10.1 Å². The molecule has 3 fully saturated rings. The van der Waals surface area contributed by atoms with E-state index in [2.05, 4.69) is 30.1 Å². The molecule has 1 aromatic heterocycles. The molecule has 1 N–H and O–H groups in total. The third-order valence-corrected chi connectivity index (χ3v) is 6.84. The Bertz CT molecular complexity index is 846. The van der Waals surface area contributed by atoms with Gasteiger partial charge in [-0.2, -0.15) is 5.26 Å². The number of nitriles is 1. The third-order valence-electron chi connectivity index (χ3n) is 5.75. The second kappa shape index (κ2) is 6.60. The van der Waals surface area contributed by atoms with Crippen LogP contribution in [0, 0.1) is 17.2 Å². The molecule has 4 nitrogen and oxygen atoms in total. The summed E-state index contributed by atoms with van der Waals surface area (Å²) in [7, 11) is 0. The second-order valence-corrected chi connectivity index (χ2v) is 8.49. The van der Waals surface area contributed by atoms with E-state index in [1.807, 2.05) is 18.2 Å². The maximum Gasteiger partial charge on any atom is 0.261 e. The topological polar surface area (TPSA) is 56.1 Å². The number of amides is 1. The van der Waals surface area contributed by atoms with E-state index in [1.54, 1.807) is 6.07 Å². The zero-order chi connectivity index (χ0) is 16.9. The highest BCUT2D eigenvalue weighted by molar-refractivity contribution is 7.20. The molecular formula is C19H22ClN3OS. The maximum absolute atomic E-state index is 12.8. The fourth-order valence-electron chi connectivity index (χ4n) is 4.30. The lowest BCUT2D eigenvalue weighted by Gasteiger charge is -2.56. The van der Waals surface area contributed by atoms with Gasteiger partial charge in [-0.3, -0.25) is 9.69 Å². The van der Waals surface area contributed by atoms with Crippen LogP contribution in [-0.4, -0.2) is 35.5 Å². The molecule has 3 saturated heterocycles. The van der Waals surface area contributed by atoms with Crippen molar-refractivity contribution in [3.8, 4) is 6.07 Å². The Balaban J connectivity index is 0.00000182. The molecule has 0 spiro atoms. The number of carbonyl (C=O) groups excluding carboxylic acids is 1. The minimum atomic E-state index is 0. The molecule has 1 atom stereocenters. The molecule has 6 heteroatoms. The first-order chi connectivity index (χ1) is 11.5. The van der Waals surface area contributed by atoms with Crippen molar-refractivity contribution in [1.29, 1.82) is 5.26 Å². The minimum Gasteiger partial charge on any atom is -0.346 e. The summed E-state index contributed by atoms with van der Waals surface area (Å²) < 4.78 is 0.993. The number of rotatable bonds is 2. The van der Waals surface area contributed by atoms with Crippen molar-refractivity contribution in [3.05, 3.63) is 34.7 Å². The van der Waals surface area contributed by atoms with Crippen molar-refractivity contribution in [2.45, 2.75) is 38.3 Å². The lowest BCUT2D eigenvalue weighted by atomic mass is 9.72. The van der Waals surface area contributed by atoms with Gasteiger partial charge >= 0.3 is 0 Å². The maximum atomic E-state index is 12.8. The standard InChI is InChI=1S/C19H21N3OS.ClH/c1-19(2)17(13-5-7-22(19)8-6-13)21-18(23)16-10-14-4-3-12(11-20)9-15(14)24-16;/h3-4,9-10,13,17H,5-8H2,1-2H3,(H,21,23);1H/t17-;/m1./s1. The van der Waals surface area contributed by atoms with Crippen LogP contribution in [0.1, 0.15) is 41.9 Å². The highest BCUT2D eigenvalue weighted by Gasteiger charge is 2.48. The molecule has 2 aromatic rings. The van der Waals surface area contributed by atoms with Gasteiger partial charge in [-0.25, -0.2) is 0 Å². The molecule has 0 saturated carbocycles. The molecule has 0 unspecified atom stereocenters. The van der Waals surface area contributed by atoms with E-state index < -0.39 is 0 Å². The van der Waals surface area contributed by atoms with Gasteiger partial charge in [0.15, 0.2) is 0 Å². The van der Waals surface area contributed by atoms with Gasteiger partial charge in [0.1, 0.15) is 0 Å². The molecule has 0 aliphatic carbocycles. The molecule has 5 rings (SSSR count). The summed E-state index contributed by atoms with van der Waals surface area (Å²) >= 11 is 1.47. The van der Waals surface area contributed by atoms with Gasteiger partial charge in [-0.15, -0.1) is 23.7 Å². The predicted molar refractivity (Wildman–Crippen MR) is 103 cm³/mol. The normalized spacial score (nSPS) is 26.7. The Kier molecular flexibility index (Phi) is 4.80. The van der Waals surface area contributed by atoms with Crippen molar-refractivity contribution >= 4 is 39.7 Å². The molecule has 1 amide bonds. The first-order valence-corrected chi connectivity index (χ1v) is 9.30. The summed E-state index contributed by atoms with van der Waals surface area (Å²) in [6.45, 7) is 6.77. The smallest absolute Gasteiger partial charge is 0.261 e. The Labute approximate surface area is 158 Å². The van der Waals surface area contributed by atoms with Crippen LogP contribution in [0.2, 0.25) is 0 Å². The van der Waals surface area contributed by atoms with Crippen LogP contribution in [0.15, 0.2) is 24.3 Å². The van der Waals surface area contributed by atoms with Crippen LogP contribution < -0.4 is 5.32 Å². The zero-order valence-electron chi connectivity index (χ0n) is 14.4. The number of thiophene rings is 1. The fraction of sp³-hybridized carbons (Fsp3) is 0.474. The number of fused-ring (bicyclic) bond motifs is 4. The van der Waals surface area contributed by atoms with E-state index in [4.69, 9.17) is 5.26 Å². The van der Waals surface area contributed by atoms with Gasteiger partial charge in [-0.1, -0.05) is 6.07 Å². The summed E-state index contributed by atoms with van der Waals surface area (Å²) in [5.74, 6) is 0.593. The Morgan fingerprint density at radius 1 is 1.32 bits per heavy atom. The molecule has 3 aliphatic rings. The average Bonchev–Trinajstić information content (AvgIpc) is 3.01. The van der Waals surface area contributed by atoms with Gasteiger partial charge < -0.3 is 5.32 Å². The van der Waals surface area contributed by atoms with Gasteiger partial charge in [0, 0.05) is 16.3 Å². The SMILES string of the molecule is CC1(C)[C@H](NC(=O)c2cc3ccc(C#N)cc3s2)C2CCN1CC2.Cl. The van der Waals surface area contributed by atoms with Crippen molar-refractivity contribution in [2.75, 3.05) is 13.1 Å². The molecule has 4 heterocycles. The molecule has 3 aliphatic heterocycles. The predicted octanol–water partition coefficient (Wildman–Crippen LogP) is 3.80. The lowest BCUT2D eigenvalue weighted by Crippen LogP contribution is -2.69. The van der Waals surface area contributed by atoms with Gasteiger partial charge in [0.25, 0.3) is 5.91 Å². The van der Waals surface area contributed by atoms with Crippen LogP contribution in [0.3, 0.4) is 0 Å². The van der Waals surface area contributed by atoms with Crippen LogP contribution in [0.4, 0.5) is 0 Å². The summed E-state index contributed by atoms with van der Waals surface area (Å²) in [5.41, 5.74) is 0.649. The Morgan fingerprint density at radius 3 is 2.68 bits per heavy atom. The number of hydrogen-bond acceptors (Lipinski definition) is 4. The van der Waals surface area contributed by atoms with Gasteiger partial charge in [0.2, 0.25) is 0 Å². The van der Waals surface area contributed by atoms with Crippen molar-refractivity contribution < 1.29 is 4.79 Å². The van der Waals surface area contributed by atoms with Crippen molar-refractivity contribution in [3.63, 3.8) is 0 Å². The average molecular weight is 376 g/mol. The van der Waals surface area contributed by atoms with E-state index in [0.29, 0.717) is 11.5 Å². The van der Waals surface area contributed by atoms with Gasteiger partial charge in [0.05, 0.1) is 16.5 Å². The quantitative estimate of drug-likeness (QED) is 0.868. The molecule has 132 valence electrons. The van der Waals surface area contributed by atoms with E-state index in [1.165, 1.54) is 24.2 Å². The number of benzene rings is 1. The molecule has 25 heavy (non-hydrogen) atoms. The number of hydrogen-bond donors (Lipinski definition) is 1. The van der Waals surface area contributed by atoms with E-state index in [9.17, 15) is 4.79 Å². The number of piperidine rings is 3. The monoisotopic (exact) mass is 375 g/mol. The number of halogens is 1. The van der Waals surface area contributed by atoms with E-state index in [-0.39, 0.29) is 29.9 Å². The second-order valence-electron chi connectivity index (χ2n) is 7.40. The number of nitrogens with zero attached hydrogens (tertiary/aromatic N) is 2. The van der Waals surface area contributed by atoms with E-state index >= 15 is 0 Å². The minimum absolute atomic E-state index is 0. The van der Waals surface area contributed by atoms with Crippen LogP contribution in [-0.2, 0) is 0 Å². The highest BCUT2D eigenvalue weighted by atomic mass is 35.5. The molecule has 0 radical (unpaired) electrons. The largest absolute Gasteiger partial charge is 0.346 e. The molecule has 2 bridgehead atoms. The van der Waals surface area contributed by atoms with E-state index in [0.717, 1.165) is 28.1 Å². The first kappa shape index (κ1) is 18.2. The molecule has 1 aromatic carbocycles. The summed E-state index contributed by atoms with van der Waals surface area (Å²) in [5, 5.41) is 13.4. The fourth-order valence-corrected chi connectivity index (χ4v) is 5.31. The number of carbonyl (C=O) groups is 1. The Morgan fingerprint density at radius 2 is 2.04 bits per heavy atom. The van der Waals surface area contributed by atoms with Crippen LogP contribution in [0.5, 0.6) is 0 Å². The van der Waals surface area contributed by atoms with Crippen molar-refractivity contribution in [2.24, 2.45) is 5.92 Å². The summed E-state index contributed by atoms with van der Waals surface area (Å²) in [6, 6.07) is 9.86. The summed E-state index contributed by atoms with van der Waals surface area (Å²) in [4.78, 5) is 16.0. The number of nitrogens with one attached hydrogen (secondary N) is 1. The third kappa shape index (κ3) is 3.03. The highest BCUT2D eigenvalue weighted by Crippen LogP contribution is 2.39. The lowest BCUT2D eigenvalue weighted by molar-refractivity contribution is -0.0377.